The Bertz CT molecular complexity index is 766. The predicted octanol–water partition coefficient (Wildman–Crippen LogP) is 6.54. The number of ether oxygens (including phenoxy) is 2. The normalized spacial score (nSPS) is 16.6. The van der Waals surface area contributed by atoms with E-state index in [4.69, 9.17) is 9.47 Å². The molecule has 1 aliphatic carbocycles. The van der Waals surface area contributed by atoms with Gasteiger partial charge in [0.25, 0.3) is 0 Å². The fourth-order valence-electron chi connectivity index (χ4n) is 4.31. The van der Waals surface area contributed by atoms with Gasteiger partial charge in [0.15, 0.2) is 5.41 Å². The van der Waals surface area contributed by atoms with Gasteiger partial charge < -0.3 is 9.47 Å². The first-order valence-corrected chi connectivity index (χ1v) is 14.7. The van der Waals surface area contributed by atoms with Crippen molar-refractivity contribution in [3.8, 4) is 11.5 Å². The molecule has 0 saturated carbocycles. The largest absolute Gasteiger partial charge is 0.468 e. The molecule has 0 saturated heterocycles. The fraction of sp³-hybridized carbons (Fsp3) is 0.630. The van der Waals surface area contributed by atoms with Gasteiger partial charge in [-0.15, -0.1) is 5.54 Å². The Hall–Kier alpha value is -2.06. The first-order chi connectivity index (χ1) is 15.3. The van der Waals surface area contributed by atoms with Crippen molar-refractivity contribution in [1.29, 1.82) is 0 Å². The van der Waals surface area contributed by atoms with Crippen LogP contribution in [0.15, 0.2) is 35.5 Å². The van der Waals surface area contributed by atoms with Gasteiger partial charge in [0.2, 0.25) is 0 Å². The highest BCUT2D eigenvalue weighted by Crippen LogP contribution is 2.43. The Morgan fingerprint density at radius 1 is 1.03 bits per heavy atom. The number of hydrogen-bond donors (Lipinski definition) is 0. The van der Waals surface area contributed by atoms with Crippen LogP contribution in [0.1, 0.15) is 72.6 Å². The molecule has 0 radical (unpaired) electrons. The summed E-state index contributed by atoms with van der Waals surface area (Å²) in [7, 11) is 0.999. The molecule has 32 heavy (non-hydrogen) atoms. The molecule has 0 N–H and O–H groups in total. The van der Waals surface area contributed by atoms with Crippen molar-refractivity contribution in [2.75, 3.05) is 14.2 Å². The number of rotatable bonds is 11. The van der Waals surface area contributed by atoms with Crippen LogP contribution in [0.3, 0.4) is 0 Å². The topological polar surface area (TPSA) is 52.6 Å². The van der Waals surface area contributed by atoms with E-state index in [-0.39, 0.29) is 12.8 Å². The maximum Gasteiger partial charge on any atom is 0.323 e. The zero-order valence-corrected chi connectivity index (χ0v) is 22.1. The molecule has 178 valence electrons. The highest BCUT2D eigenvalue weighted by Gasteiger charge is 2.51. The zero-order valence-electron chi connectivity index (χ0n) is 21.1. The lowest BCUT2D eigenvalue weighted by atomic mass is 9.70. The quantitative estimate of drug-likeness (QED) is 0.116. The third kappa shape index (κ3) is 6.97. The number of methoxy groups -OCH3 is 2. The van der Waals surface area contributed by atoms with Gasteiger partial charge >= 0.3 is 11.9 Å². The van der Waals surface area contributed by atoms with Gasteiger partial charge in [0.1, 0.15) is 8.07 Å². The molecule has 0 spiro atoms. The van der Waals surface area contributed by atoms with Crippen molar-refractivity contribution in [3.63, 3.8) is 0 Å². The number of carbonyl (C=O) groups is 2. The van der Waals surface area contributed by atoms with Crippen LogP contribution in [-0.4, -0.2) is 34.2 Å². The highest BCUT2D eigenvalue weighted by atomic mass is 28.3. The highest BCUT2D eigenvalue weighted by molar-refractivity contribution is 6.87. The lowest BCUT2D eigenvalue weighted by Gasteiger charge is -2.33. The van der Waals surface area contributed by atoms with Crippen LogP contribution in [0.5, 0.6) is 0 Å². The van der Waals surface area contributed by atoms with Gasteiger partial charge in [-0.2, -0.15) is 0 Å². The molecular formula is C27H42O4Si. The minimum Gasteiger partial charge on any atom is -0.468 e. The minimum absolute atomic E-state index is 0.200. The molecule has 1 aliphatic rings. The SMILES string of the molecule is C=C(C#C[Si](CC)(CC)CC)C1=C/C(=C\CCCCCC)CC(C(=O)OC)(C(=O)OC)C1. The summed E-state index contributed by atoms with van der Waals surface area (Å²) in [5.74, 6) is 2.19. The van der Waals surface area contributed by atoms with E-state index in [0.29, 0.717) is 5.57 Å². The average Bonchev–Trinajstić information content (AvgIpc) is 2.83. The summed E-state index contributed by atoms with van der Waals surface area (Å²) in [5, 5.41) is 0. The van der Waals surface area contributed by atoms with Gasteiger partial charge in [-0.05, 0) is 48.5 Å². The zero-order chi connectivity index (χ0) is 24.2. The Labute approximate surface area is 196 Å². The molecule has 5 heteroatoms. The molecule has 0 fully saturated rings. The van der Waals surface area contributed by atoms with Crippen molar-refractivity contribution in [3.05, 3.63) is 35.5 Å². The Kier molecular flexibility index (Phi) is 11.8. The summed E-state index contributed by atoms with van der Waals surface area (Å²) >= 11 is 0. The maximum atomic E-state index is 12.8. The molecule has 0 aromatic carbocycles. The number of allylic oxidation sites excluding steroid dienone is 5. The molecule has 0 aliphatic heterocycles. The number of esters is 2. The van der Waals surface area contributed by atoms with Crippen molar-refractivity contribution >= 4 is 20.0 Å². The molecular weight excluding hydrogens is 416 g/mol. The molecule has 0 amide bonds. The maximum absolute atomic E-state index is 12.8. The van der Waals surface area contributed by atoms with E-state index in [2.05, 4.69) is 57.9 Å². The lowest BCUT2D eigenvalue weighted by molar-refractivity contribution is -0.169. The summed E-state index contributed by atoms with van der Waals surface area (Å²) in [6.45, 7) is 13.1. The second-order valence-electron chi connectivity index (χ2n) is 8.79. The van der Waals surface area contributed by atoms with E-state index in [1.807, 2.05) is 0 Å². The summed E-state index contributed by atoms with van der Waals surface area (Å²) in [6.07, 6.45) is 10.2. The van der Waals surface area contributed by atoms with E-state index in [0.717, 1.165) is 42.1 Å². The summed E-state index contributed by atoms with van der Waals surface area (Å²) in [5.41, 5.74) is 4.65. The predicted molar refractivity (Wildman–Crippen MR) is 135 cm³/mol. The van der Waals surface area contributed by atoms with Crippen LogP contribution in [-0.2, 0) is 19.1 Å². The molecule has 0 unspecified atom stereocenters. The fourth-order valence-corrected chi connectivity index (χ4v) is 6.76. The summed E-state index contributed by atoms with van der Waals surface area (Å²) in [4.78, 5) is 25.7. The first kappa shape index (κ1) is 28.0. The number of hydrogen-bond acceptors (Lipinski definition) is 4. The molecule has 0 bridgehead atoms. The van der Waals surface area contributed by atoms with Crippen LogP contribution < -0.4 is 0 Å². The van der Waals surface area contributed by atoms with Gasteiger partial charge in [-0.3, -0.25) is 9.59 Å². The van der Waals surface area contributed by atoms with Crippen LogP contribution in [0.2, 0.25) is 18.1 Å². The van der Waals surface area contributed by atoms with Crippen LogP contribution in [0.25, 0.3) is 0 Å². The average molecular weight is 459 g/mol. The van der Waals surface area contributed by atoms with Gasteiger partial charge in [-0.25, -0.2) is 0 Å². The van der Waals surface area contributed by atoms with Gasteiger partial charge in [-0.1, -0.05) is 71.6 Å². The summed E-state index contributed by atoms with van der Waals surface area (Å²) < 4.78 is 10.1. The second-order valence-corrected chi connectivity index (χ2v) is 13.7. The van der Waals surface area contributed by atoms with Crippen molar-refractivity contribution < 1.29 is 19.1 Å². The van der Waals surface area contributed by atoms with E-state index in [1.54, 1.807) is 0 Å². The van der Waals surface area contributed by atoms with E-state index >= 15 is 0 Å². The smallest absolute Gasteiger partial charge is 0.323 e. The number of unbranched alkanes of at least 4 members (excludes halogenated alkanes) is 4. The molecule has 0 aromatic rings. The molecule has 0 heterocycles. The lowest BCUT2D eigenvalue weighted by Crippen LogP contribution is -2.43. The van der Waals surface area contributed by atoms with E-state index in [9.17, 15) is 9.59 Å². The van der Waals surface area contributed by atoms with Crippen LogP contribution in [0.4, 0.5) is 0 Å². The standard InChI is InChI=1S/C27H42O4Si/c1-8-12-13-14-15-16-23-19-24(22(5)17-18-32(9-2,10-3)11-4)21-27(20-23,25(28)30-6)26(29)31-7/h16,19H,5,8-15,20-21H2,1-4,6-7H3/b23-16+. The van der Waals surface area contributed by atoms with E-state index in [1.165, 1.54) is 33.5 Å². The Morgan fingerprint density at radius 2 is 1.62 bits per heavy atom. The van der Waals surface area contributed by atoms with Crippen molar-refractivity contribution in [1.82, 2.24) is 0 Å². The molecule has 1 rings (SSSR count). The summed E-state index contributed by atoms with van der Waals surface area (Å²) in [6, 6.07) is 3.32. The first-order valence-electron chi connectivity index (χ1n) is 12.1. The molecule has 0 aromatic heterocycles. The Balaban J connectivity index is 3.37. The second kappa shape index (κ2) is 13.5. The van der Waals surface area contributed by atoms with Gasteiger partial charge in [0, 0.05) is 12.0 Å². The van der Waals surface area contributed by atoms with Crippen LogP contribution in [0, 0.1) is 16.9 Å². The molecule has 0 atom stereocenters. The minimum atomic E-state index is -1.63. The molecule has 4 nitrogen and oxygen atoms in total. The number of carbonyl (C=O) groups excluding carboxylic acids is 2. The Morgan fingerprint density at radius 3 is 2.12 bits per heavy atom. The third-order valence-electron chi connectivity index (χ3n) is 6.87. The van der Waals surface area contributed by atoms with Crippen molar-refractivity contribution in [2.24, 2.45) is 5.41 Å². The monoisotopic (exact) mass is 458 g/mol. The van der Waals surface area contributed by atoms with Gasteiger partial charge in [0.05, 0.1) is 14.2 Å². The van der Waals surface area contributed by atoms with Crippen molar-refractivity contribution in [2.45, 2.75) is 90.8 Å². The van der Waals surface area contributed by atoms with Crippen LogP contribution >= 0.6 is 0 Å². The third-order valence-corrected chi connectivity index (χ3v) is 11.6. The van der Waals surface area contributed by atoms with E-state index < -0.39 is 25.4 Å².